The molecule has 12 nitrogen and oxygen atoms in total. The van der Waals surface area contributed by atoms with Gasteiger partial charge in [-0.05, 0) is 214 Å². The van der Waals surface area contributed by atoms with Crippen LogP contribution < -0.4 is 0 Å². The summed E-state index contributed by atoms with van der Waals surface area (Å²) in [6.07, 6.45) is 0. The molecule has 29 rings (SSSR count). The highest BCUT2D eigenvalue weighted by atomic mass is 32.1. The highest BCUT2D eigenvalue weighted by Gasteiger charge is 2.29. The van der Waals surface area contributed by atoms with Gasteiger partial charge in [0.2, 0.25) is 0 Å². The summed E-state index contributed by atoms with van der Waals surface area (Å²) in [5, 5.41) is 6.64. The molecule has 0 N–H and O–H groups in total. The van der Waals surface area contributed by atoms with E-state index in [2.05, 4.69) is 493 Å². The summed E-state index contributed by atoms with van der Waals surface area (Å²) in [7, 11) is 0. The van der Waals surface area contributed by atoms with Gasteiger partial charge >= 0.3 is 0 Å². The van der Waals surface area contributed by atoms with Crippen molar-refractivity contribution >= 4 is 128 Å². The van der Waals surface area contributed by atoms with Gasteiger partial charge in [-0.3, -0.25) is 13.7 Å². The molecule has 15 heteroatoms. The highest BCUT2D eigenvalue weighted by Crippen LogP contribution is 2.52. The molecule has 0 spiro atoms. The summed E-state index contributed by atoms with van der Waals surface area (Å²) in [5.74, 6) is 4.47. The molecule has 0 bridgehead atoms. The Labute approximate surface area is 874 Å². The molecule has 0 saturated heterocycles. The fourth-order valence-corrected chi connectivity index (χ4v) is 25.3. The van der Waals surface area contributed by atoms with Crippen molar-refractivity contribution < 1.29 is 0 Å². The second kappa shape index (κ2) is 36.5. The molecule has 0 aliphatic carbocycles. The van der Waals surface area contributed by atoms with Crippen molar-refractivity contribution in [3.8, 4) is 197 Å². The highest BCUT2D eigenvalue weighted by molar-refractivity contribution is 7.27. The maximum absolute atomic E-state index is 5.69. The Morgan fingerprint density at radius 3 is 0.840 bits per heavy atom. The molecular formula is C135H82N12S3. The monoisotopic (exact) mass is 1970 g/mol. The summed E-state index contributed by atoms with van der Waals surface area (Å²) >= 11 is 5.40. The molecule has 0 aliphatic rings. The molecule has 9 aromatic heterocycles. The number of imidazole rings is 3. The number of thiophene rings is 3. The van der Waals surface area contributed by atoms with Gasteiger partial charge in [0.25, 0.3) is 0 Å². The van der Waals surface area contributed by atoms with Gasteiger partial charge in [0, 0.05) is 144 Å². The average Bonchev–Trinajstić information content (AvgIpc) is 1.56. The molecule has 0 aliphatic heterocycles. The zero-order valence-corrected chi connectivity index (χ0v) is 82.9. The van der Waals surface area contributed by atoms with E-state index in [4.69, 9.17) is 44.9 Å². The number of aromatic nitrogens is 12. The fraction of sp³-hybridized carbons (Fsp3) is 0. The molecule has 9 heterocycles. The zero-order valence-electron chi connectivity index (χ0n) is 80.4. The molecule has 0 unspecified atom stereocenters. The molecule has 700 valence electrons. The van der Waals surface area contributed by atoms with Crippen LogP contribution in [-0.4, -0.2) is 58.6 Å². The number of hydrogen-bond donors (Lipinski definition) is 0. The number of nitrogens with zero attached hydrogens (tertiary/aromatic N) is 12. The van der Waals surface area contributed by atoms with Gasteiger partial charge in [-0.2, -0.15) is 0 Å². The first kappa shape index (κ1) is 87.3. The van der Waals surface area contributed by atoms with Crippen molar-refractivity contribution in [2.75, 3.05) is 0 Å². The zero-order chi connectivity index (χ0) is 98.8. The van der Waals surface area contributed by atoms with E-state index >= 15 is 0 Å². The molecular weight excluding hydrogens is 1890 g/mol. The number of para-hydroxylation sites is 9. The van der Waals surface area contributed by atoms with Crippen LogP contribution in [-0.2, 0) is 0 Å². The standard InChI is InChI=1S/C135H82N12S3/c1-8-32-83(33-9-1)90-41-29-44-93(75-90)113-82-117(141-132(137-113)88-38-14-4-15-39-88)105-69-67-101(128-127(105)108-79-97(65-72-122(108)149-128)135-144-111-55-24-27-58-120(111)147(135)100-50-20-7-21-51-100)91-42-28-40-89(74-91)84-60-62-85(63-61-84)112-80-116(140-130(136-112)86-34-10-2-11-35-86)104-70-68-102(129-126(104)107-78-96(66-73-123(107)150-129)134-143-110-54-23-26-57-119(110)146(134)99-48-18-6-19-49-99)92-43-30-45-94(76-92)114-81-115(139-131(138-114)87-36-12-3-13-37-87)103-52-31-59-124-125(103)106-77-95(64-71-121(106)148-124)133-142-109-53-22-25-56-118(109)145(133)98-46-16-5-17-47-98/h1-82H. The first-order valence-electron chi connectivity index (χ1n) is 50.2. The van der Waals surface area contributed by atoms with Crippen LogP contribution in [0, 0.1) is 0 Å². The van der Waals surface area contributed by atoms with Crippen LogP contribution in [0.3, 0.4) is 0 Å². The van der Waals surface area contributed by atoms with E-state index < -0.39 is 0 Å². The van der Waals surface area contributed by atoms with Crippen molar-refractivity contribution in [2.24, 2.45) is 0 Å². The summed E-state index contributed by atoms with van der Waals surface area (Å²) in [6.45, 7) is 0. The predicted molar refractivity (Wildman–Crippen MR) is 623 cm³/mol. The van der Waals surface area contributed by atoms with Crippen LogP contribution in [0.1, 0.15) is 0 Å². The lowest BCUT2D eigenvalue weighted by Crippen LogP contribution is -1.97. The lowest BCUT2D eigenvalue weighted by molar-refractivity contribution is 1.10. The lowest BCUT2D eigenvalue weighted by atomic mass is 9.93. The minimum atomic E-state index is 0.613. The first-order chi connectivity index (χ1) is 74.3. The van der Waals surface area contributed by atoms with Gasteiger partial charge in [-0.1, -0.05) is 328 Å². The van der Waals surface area contributed by atoms with Crippen LogP contribution in [0.5, 0.6) is 0 Å². The van der Waals surface area contributed by atoms with E-state index in [1.54, 1.807) is 22.7 Å². The second-order valence-corrected chi connectivity index (χ2v) is 41.0. The van der Waals surface area contributed by atoms with Crippen molar-refractivity contribution in [3.05, 3.63) is 497 Å². The van der Waals surface area contributed by atoms with E-state index in [1.807, 2.05) is 29.5 Å². The molecule has 0 radical (unpaired) electrons. The normalized spacial score (nSPS) is 11.7. The molecule has 0 saturated carbocycles. The van der Waals surface area contributed by atoms with Gasteiger partial charge in [0.15, 0.2) is 17.5 Å². The summed E-state index contributed by atoms with van der Waals surface area (Å²) in [6, 6.07) is 177. The van der Waals surface area contributed by atoms with Crippen LogP contribution in [0.2, 0.25) is 0 Å². The topological polar surface area (TPSA) is 131 Å². The molecule has 29 aromatic rings. The molecule has 150 heavy (non-hydrogen) atoms. The molecule has 20 aromatic carbocycles. The Balaban J connectivity index is 0.564. The van der Waals surface area contributed by atoms with E-state index in [1.165, 1.54) is 9.40 Å². The average molecular weight is 1970 g/mol. The van der Waals surface area contributed by atoms with E-state index in [0.717, 1.165) is 264 Å². The van der Waals surface area contributed by atoms with Crippen molar-refractivity contribution in [1.82, 2.24) is 58.6 Å². The number of rotatable bonds is 19. The van der Waals surface area contributed by atoms with Crippen molar-refractivity contribution in [2.45, 2.75) is 0 Å². The number of benzene rings is 20. The minimum Gasteiger partial charge on any atom is -0.292 e. The van der Waals surface area contributed by atoms with Gasteiger partial charge in [0.1, 0.15) is 17.5 Å². The number of fused-ring (bicyclic) bond motifs is 12. The van der Waals surface area contributed by atoms with E-state index in [0.29, 0.717) is 17.5 Å². The summed E-state index contributed by atoms with van der Waals surface area (Å²) in [5.41, 5.74) is 34.1. The predicted octanol–water partition coefficient (Wildman–Crippen LogP) is 35.8. The van der Waals surface area contributed by atoms with Crippen LogP contribution in [0.25, 0.3) is 291 Å². The molecule has 0 amide bonds. The number of hydrogen-bond acceptors (Lipinski definition) is 12. The Morgan fingerprint density at radius 1 is 0.153 bits per heavy atom. The fourth-order valence-electron chi connectivity index (χ4n) is 21.7. The smallest absolute Gasteiger partial charge is 0.160 e. The maximum atomic E-state index is 5.69. The Kier molecular flexibility index (Phi) is 21.2. The Hall–Kier alpha value is -19.3. The van der Waals surface area contributed by atoms with Gasteiger partial charge in [-0.15, -0.1) is 34.0 Å². The summed E-state index contributed by atoms with van der Waals surface area (Å²) < 4.78 is 13.7. The summed E-state index contributed by atoms with van der Waals surface area (Å²) in [4.78, 5) is 49.5. The molecule has 0 atom stereocenters. The third-order valence-corrected chi connectivity index (χ3v) is 32.3. The second-order valence-electron chi connectivity index (χ2n) is 37.8. The first-order valence-corrected chi connectivity index (χ1v) is 52.6. The Morgan fingerprint density at radius 2 is 0.433 bits per heavy atom. The Bertz CT molecular complexity index is 10400. The van der Waals surface area contributed by atoms with Crippen LogP contribution in [0.15, 0.2) is 497 Å². The van der Waals surface area contributed by atoms with Crippen molar-refractivity contribution in [3.63, 3.8) is 0 Å². The third kappa shape index (κ3) is 15.4. The van der Waals surface area contributed by atoms with E-state index in [9.17, 15) is 0 Å². The van der Waals surface area contributed by atoms with Gasteiger partial charge in [-0.25, -0.2) is 44.9 Å². The van der Waals surface area contributed by atoms with Crippen LogP contribution in [0.4, 0.5) is 0 Å². The quantitative estimate of drug-likeness (QED) is 0.0776. The van der Waals surface area contributed by atoms with Gasteiger partial charge in [0.05, 0.1) is 67.3 Å². The lowest BCUT2D eigenvalue weighted by Gasteiger charge is -2.14. The maximum Gasteiger partial charge on any atom is 0.160 e. The van der Waals surface area contributed by atoms with E-state index in [-0.39, 0.29) is 0 Å². The third-order valence-electron chi connectivity index (χ3n) is 28.8. The SMILES string of the molecule is c1ccc(-c2cccc(-c3cc(-c4ccc(-c5cccc(-c6ccc(-c7cc(-c8ccc(-c9cccc(-c%10cc(-c%11cccc%12sc%13ccc(-c%14nc%15ccccc%15n%14-c%14ccccc%14)cc%13c%11%12)nc(-c%11ccccc%11)n%10)c9)c9sc%10ccc(-c%11nc%12ccccc%12n%11-c%11ccccc%11)cc%10c89)nc(-c8ccccc8)n7)cc6)c5)c5sc6ccc(-c7nc8ccccc8n7-c7ccccc7)cc6c45)nc(-c4ccccc4)n3)c2)cc1. The minimum absolute atomic E-state index is 0.613. The van der Waals surface area contributed by atoms with Crippen molar-refractivity contribution in [1.29, 1.82) is 0 Å². The van der Waals surface area contributed by atoms with Gasteiger partial charge < -0.3 is 0 Å². The van der Waals surface area contributed by atoms with Crippen LogP contribution >= 0.6 is 34.0 Å². The molecule has 0 fully saturated rings. The largest absolute Gasteiger partial charge is 0.292 e.